The van der Waals surface area contributed by atoms with Crippen molar-refractivity contribution < 1.29 is 28.0 Å². The molecule has 1 N–H and O–H groups in total. The minimum absolute atomic E-state index is 0.316. The summed E-state index contributed by atoms with van der Waals surface area (Å²) in [5.41, 5.74) is 1.36. The number of halogens is 1. The summed E-state index contributed by atoms with van der Waals surface area (Å²) in [5.74, 6) is 0.393. The zero-order valence-corrected chi connectivity index (χ0v) is 26.9. The molecule has 11 heteroatoms. The highest BCUT2D eigenvalue weighted by Crippen LogP contribution is 2.31. The maximum absolute atomic E-state index is 13.1. The molecule has 1 atom stereocenters. The molecule has 0 aliphatic carbocycles. The quantitative estimate of drug-likeness (QED) is 0.259. The van der Waals surface area contributed by atoms with Crippen molar-refractivity contribution in [3.63, 3.8) is 0 Å². The van der Waals surface area contributed by atoms with Gasteiger partial charge in [-0.3, -0.25) is 4.21 Å². The molecule has 1 saturated heterocycles. The second-order valence-electron chi connectivity index (χ2n) is 11.7. The van der Waals surface area contributed by atoms with Gasteiger partial charge in [0.25, 0.3) is 0 Å². The predicted molar refractivity (Wildman–Crippen MR) is 163 cm³/mol. The van der Waals surface area contributed by atoms with Gasteiger partial charge in [-0.1, -0.05) is 23.7 Å². The fourth-order valence-electron chi connectivity index (χ4n) is 4.46. The number of carbonyl (C=O) groups excluding carboxylic acids is 1. The molecule has 1 amide bonds. The van der Waals surface area contributed by atoms with Crippen molar-refractivity contribution in [1.29, 1.82) is 0 Å². The van der Waals surface area contributed by atoms with Crippen molar-refractivity contribution in [3.8, 4) is 5.75 Å². The zero-order chi connectivity index (χ0) is 29.8. The van der Waals surface area contributed by atoms with Crippen LogP contribution in [0.1, 0.15) is 65.5 Å². The van der Waals surface area contributed by atoms with E-state index in [9.17, 15) is 9.00 Å². The number of hydrogen-bond acceptors (Lipinski definition) is 8. The third-order valence-electron chi connectivity index (χ3n) is 6.52. The molecule has 1 aliphatic heterocycles. The average Bonchev–Trinajstić information content (AvgIpc) is 3.30. The first-order chi connectivity index (χ1) is 19.3. The second kappa shape index (κ2) is 13.0. The van der Waals surface area contributed by atoms with E-state index in [0.717, 1.165) is 33.5 Å². The fraction of sp³-hybridized carbons (Fsp3) is 0.533. The first kappa shape index (κ1) is 31.7. The first-order valence-electron chi connectivity index (χ1n) is 13.7. The Morgan fingerprint density at radius 2 is 1.90 bits per heavy atom. The van der Waals surface area contributed by atoms with Crippen molar-refractivity contribution in [1.82, 2.24) is 10.3 Å². The molecule has 0 saturated carbocycles. The number of fused-ring (bicyclic) bond motifs is 1. The zero-order valence-electron chi connectivity index (χ0n) is 24.5. The standard InChI is InChI=1S/C30H39ClN2O6S2/c1-7-36-22-12-13-24-25(16-22)40-27(32-24)41(35)17-20-10-11-21(23(31)15-20)9-8-14-30(18-37-29(5,6)38-19-30)33-26(34)39-28(2,3)4/h10-13,15-16H,7-9,14,17-19H2,1-6H3,(H,33,34). The van der Waals surface area contributed by atoms with Crippen LogP contribution in [0, 0.1) is 0 Å². The number of carbonyl (C=O) groups is 1. The summed E-state index contributed by atoms with van der Waals surface area (Å²) in [4.78, 5) is 17.2. The van der Waals surface area contributed by atoms with Crippen LogP contribution in [0.5, 0.6) is 5.75 Å². The molecule has 3 aromatic rings. The highest BCUT2D eigenvalue weighted by Gasteiger charge is 2.41. The maximum atomic E-state index is 13.1. The van der Waals surface area contributed by atoms with Crippen LogP contribution in [0.3, 0.4) is 0 Å². The Hall–Kier alpha value is -2.24. The Labute approximate surface area is 253 Å². The summed E-state index contributed by atoms with van der Waals surface area (Å²) in [7, 11) is -1.30. The third kappa shape index (κ3) is 8.88. The lowest BCUT2D eigenvalue weighted by Crippen LogP contribution is -2.61. The SMILES string of the molecule is CCOc1ccc2nc(S(=O)Cc3ccc(CCCC4(NC(=O)OC(C)(C)C)COC(C)(C)OC4)c(Cl)c3)sc2c1. The second-order valence-corrected chi connectivity index (χ2v) is 14.8. The van der Waals surface area contributed by atoms with Crippen molar-refractivity contribution in [2.24, 2.45) is 0 Å². The molecule has 8 nitrogen and oxygen atoms in total. The largest absolute Gasteiger partial charge is 0.494 e. The number of aryl methyl sites for hydroxylation is 1. The highest BCUT2D eigenvalue weighted by atomic mass is 35.5. The van der Waals surface area contributed by atoms with Crippen molar-refractivity contribution >= 4 is 50.0 Å². The van der Waals surface area contributed by atoms with Gasteiger partial charge in [0.15, 0.2) is 10.1 Å². The van der Waals surface area contributed by atoms with Crippen LogP contribution in [0.15, 0.2) is 40.7 Å². The molecule has 41 heavy (non-hydrogen) atoms. The molecule has 2 heterocycles. The van der Waals surface area contributed by atoms with E-state index in [1.54, 1.807) is 0 Å². The first-order valence-corrected chi connectivity index (χ1v) is 16.3. The maximum Gasteiger partial charge on any atom is 0.408 e. The van der Waals surface area contributed by atoms with Gasteiger partial charge in [0.05, 0.1) is 52.1 Å². The molecule has 2 aromatic carbocycles. The van der Waals surface area contributed by atoms with Gasteiger partial charge >= 0.3 is 6.09 Å². The van der Waals surface area contributed by atoms with Gasteiger partial charge < -0.3 is 24.3 Å². The Morgan fingerprint density at radius 3 is 2.56 bits per heavy atom. The van der Waals surface area contributed by atoms with Gasteiger partial charge in [-0.15, -0.1) is 11.3 Å². The summed E-state index contributed by atoms with van der Waals surface area (Å²) in [6.45, 7) is 12.4. The molecule has 1 aliphatic rings. The number of nitrogens with zero attached hydrogens (tertiary/aromatic N) is 1. The minimum atomic E-state index is -1.30. The normalized spacial score (nSPS) is 17.2. The van der Waals surface area contributed by atoms with Gasteiger partial charge in [-0.05, 0) is 96.2 Å². The number of amides is 1. The molecule has 0 radical (unpaired) electrons. The van der Waals surface area contributed by atoms with Crippen molar-refractivity contribution in [3.05, 3.63) is 52.5 Å². The van der Waals surface area contributed by atoms with Crippen LogP contribution in [-0.2, 0) is 37.2 Å². The Balaban J connectivity index is 1.37. The molecule has 0 spiro atoms. The number of thiazole rings is 1. The van der Waals surface area contributed by atoms with E-state index in [1.165, 1.54) is 11.3 Å². The number of nitrogens with one attached hydrogen (secondary N) is 1. The van der Waals surface area contributed by atoms with E-state index in [0.29, 0.717) is 47.8 Å². The topological polar surface area (TPSA) is 96.0 Å². The van der Waals surface area contributed by atoms with Crippen molar-refractivity contribution in [2.75, 3.05) is 19.8 Å². The summed E-state index contributed by atoms with van der Waals surface area (Å²) < 4.78 is 37.5. The molecular formula is C30H39ClN2O6S2. The fourth-order valence-corrected chi connectivity index (χ4v) is 7.10. The Kier molecular flexibility index (Phi) is 10.0. The van der Waals surface area contributed by atoms with Gasteiger partial charge in [0.2, 0.25) is 0 Å². The van der Waals surface area contributed by atoms with E-state index >= 15 is 0 Å². The number of aromatic nitrogens is 1. The van der Waals surface area contributed by atoms with Gasteiger partial charge in [-0.2, -0.15) is 0 Å². The molecular weight excluding hydrogens is 584 g/mol. The number of rotatable bonds is 10. The molecule has 4 rings (SSSR count). The summed E-state index contributed by atoms with van der Waals surface area (Å²) in [6.07, 6.45) is 1.56. The molecule has 224 valence electrons. The smallest absolute Gasteiger partial charge is 0.408 e. The van der Waals surface area contributed by atoms with Gasteiger partial charge in [0, 0.05) is 5.02 Å². The number of ether oxygens (including phenoxy) is 4. The Morgan fingerprint density at radius 1 is 1.17 bits per heavy atom. The predicted octanol–water partition coefficient (Wildman–Crippen LogP) is 7.03. The van der Waals surface area contributed by atoms with Crippen LogP contribution >= 0.6 is 22.9 Å². The van der Waals surface area contributed by atoms with E-state index in [2.05, 4.69) is 10.3 Å². The molecule has 1 unspecified atom stereocenters. The molecule has 1 aromatic heterocycles. The molecule has 1 fully saturated rings. The monoisotopic (exact) mass is 622 g/mol. The van der Waals surface area contributed by atoms with Crippen LogP contribution in [0.2, 0.25) is 5.02 Å². The van der Waals surface area contributed by atoms with Crippen LogP contribution in [0.25, 0.3) is 10.2 Å². The lowest BCUT2D eigenvalue weighted by molar-refractivity contribution is -0.271. The summed E-state index contributed by atoms with van der Waals surface area (Å²) in [6, 6.07) is 11.5. The Bertz CT molecular complexity index is 1390. The van der Waals surface area contributed by atoms with E-state index in [1.807, 2.05) is 77.9 Å². The number of hydrogen-bond donors (Lipinski definition) is 1. The number of alkyl carbamates (subject to hydrolysis) is 1. The minimum Gasteiger partial charge on any atom is -0.494 e. The highest BCUT2D eigenvalue weighted by molar-refractivity contribution is 7.86. The van der Waals surface area contributed by atoms with Gasteiger partial charge in [-0.25, -0.2) is 9.78 Å². The van der Waals surface area contributed by atoms with Crippen molar-refractivity contribution in [2.45, 2.75) is 87.8 Å². The average molecular weight is 623 g/mol. The third-order valence-corrected chi connectivity index (χ3v) is 9.57. The molecule has 0 bridgehead atoms. The van der Waals surface area contributed by atoms with Gasteiger partial charge in [0.1, 0.15) is 11.4 Å². The lowest BCUT2D eigenvalue weighted by Gasteiger charge is -2.44. The summed E-state index contributed by atoms with van der Waals surface area (Å²) in [5, 5.41) is 3.62. The van der Waals surface area contributed by atoms with E-state index in [4.69, 9.17) is 30.5 Å². The van der Waals surface area contributed by atoms with Crippen LogP contribution in [-0.4, -0.2) is 52.0 Å². The van der Waals surface area contributed by atoms with Crippen LogP contribution in [0.4, 0.5) is 4.79 Å². The van der Waals surface area contributed by atoms with Crippen LogP contribution < -0.4 is 10.1 Å². The van der Waals surface area contributed by atoms with E-state index in [-0.39, 0.29) is 0 Å². The van der Waals surface area contributed by atoms with E-state index < -0.39 is 33.8 Å². The lowest BCUT2D eigenvalue weighted by atomic mass is 9.91. The summed E-state index contributed by atoms with van der Waals surface area (Å²) >= 11 is 8.08. The number of benzene rings is 2.